The second kappa shape index (κ2) is 9.17. The first-order valence-corrected chi connectivity index (χ1v) is 11.8. The largest absolute Gasteiger partial charge is 0.469 e. The number of nitrogens with one attached hydrogen (secondary N) is 1. The summed E-state index contributed by atoms with van der Waals surface area (Å²) in [6.45, 7) is 2.99. The fourth-order valence-corrected chi connectivity index (χ4v) is 4.74. The molecule has 2 aliphatic rings. The van der Waals surface area contributed by atoms with Gasteiger partial charge in [-0.15, -0.1) is 0 Å². The van der Waals surface area contributed by atoms with Gasteiger partial charge >= 0.3 is 0 Å². The molecule has 1 fully saturated rings. The minimum Gasteiger partial charge on any atom is -0.469 e. The Morgan fingerprint density at radius 3 is 2.29 bits per heavy atom. The lowest BCUT2D eigenvalue weighted by Gasteiger charge is -2.35. The Bertz CT molecular complexity index is 1300. The molecule has 6 rings (SSSR count). The number of carbonyl (C=O) groups excluding carboxylic acids is 1. The molecule has 9 heteroatoms. The number of hydrogen-bond acceptors (Lipinski definition) is 9. The van der Waals surface area contributed by atoms with E-state index in [-0.39, 0.29) is 11.7 Å². The lowest BCUT2D eigenvalue weighted by atomic mass is 9.84. The molecule has 35 heavy (non-hydrogen) atoms. The van der Waals surface area contributed by atoms with Gasteiger partial charge in [0.1, 0.15) is 11.6 Å². The van der Waals surface area contributed by atoms with Crippen molar-refractivity contribution in [3.8, 4) is 0 Å². The highest BCUT2D eigenvalue weighted by Gasteiger charge is 2.33. The molecule has 1 aliphatic carbocycles. The number of nitrogens with zero attached hydrogens (tertiary/aromatic N) is 6. The number of benzene rings is 1. The van der Waals surface area contributed by atoms with Crippen molar-refractivity contribution < 1.29 is 9.21 Å². The highest BCUT2D eigenvalue weighted by atomic mass is 16.3. The minimum absolute atomic E-state index is 0.0237. The molecule has 1 aliphatic heterocycles. The summed E-state index contributed by atoms with van der Waals surface area (Å²) in [4.78, 5) is 36.1. The fraction of sp³-hybridized carbons (Fsp3) is 0.269. The number of rotatable bonds is 5. The number of piperazine rings is 1. The van der Waals surface area contributed by atoms with E-state index in [0.29, 0.717) is 30.2 Å². The first-order chi connectivity index (χ1) is 17.2. The monoisotopic (exact) mass is 467 g/mol. The average Bonchev–Trinajstić information content (AvgIpc) is 3.45. The van der Waals surface area contributed by atoms with Crippen LogP contribution in [0.5, 0.6) is 0 Å². The predicted octanol–water partition coefficient (Wildman–Crippen LogP) is 3.84. The zero-order valence-corrected chi connectivity index (χ0v) is 19.2. The van der Waals surface area contributed by atoms with E-state index in [1.807, 2.05) is 48.5 Å². The molecular weight excluding hydrogens is 442 g/mol. The van der Waals surface area contributed by atoms with Crippen LogP contribution in [0.4, 0.5) is 23.4 Å². The molecule has 1 unspecified atom stereocenters. The van der Waals surface area contributed by atoms with E-state index >= 15 is 0 Å². The lowest BCUT2D eigenvalue weighted by molar-refractivity contribution is 0.0959. The molecule has 1 saturated heterocycles. The van der Waals surface area contributed by atoms with Crippen molar-refractivity contribution in [1.29, 1.82) is 0 Å². The summed E-state index contributed by atoms with van der Waals surface area (Å²) in [6, 6.07) is 15.4. The van der Waals surface area contributed by atoms with E-state index in [1.165, 1.54) is 0 Å². The molecule has 0 amide bonds. The van der Waals surface area contributed by atoms with Crippen LogP contribution in [0.2, 0.25) is 0 Å². The normalized spacial score (nSPS) is 17.8. The molecule has 3 aromatic heterocycles. The summed E-state index contributed by atoms with van der Waals surface area (Å²) in [7, 11) is 0. The summed E-state index contributed by atoms with van der Waals surface area (Å²) in [5.41, 5.74) is 2.22. The predicted molar refractivity (Wildman–Crippen MR) is 132 cm³/mol. The number of fused-ring (bicyclic) bond motifs is 1. The van der Waals surface area contributed by atoms with Gasteiger partial charge in [0.2, 0.25) is 11.9 Å². The molecule has 9 nitrogen and oxygen atoms in total. The van der Waals surface area contributed by atoms with Crippen LogP contribution in [0.15, 0.2) is 71.6 Å². The quantitative estimate of drug-likeness (QED) is 0.469. The number of ketones is 1. The smallest absolute Gasteiger partial charge is 0.227 e. The van der Waals surface area contributed by atoms with Crippen molar-refractivity contribution in [3.63, 3.8) is 0 Å². The molecule has 1 N–H and O–H groups in total. The molecule has 0 spiro atoms. The summed E-state index contributed by atoms with van der Waals surface area (Å²) >= 11 is 0. The Labute approximate surface area is 202 Å². The first kappa shape index (κ1) is 21.3. The Morgan fingerprint density at radius 1 is 0.829 bits per heavy atom. The first-order valence-electron chi connectivity index (χ1n) is 11.8. The maximum absolute atomic E-state index is 13.3. The van der Waals surface area contributed by atoms with Crippen LogP contribution in [0, 0.1) is 0 Å². The van der Waals surface area contributed by atoms with Gasteiger partial charge in [0.15, 0.2) is 5.78 Å². The zero-order chi connectivity index (χ0) is 23.6. The number of Topliss-reactive ketones (excluding diaryl/α,β-unsaturated/α-hetero) is 1. The van der Waals surface area contributed by atoms with Gasteiger partial charge in [0.05, 0.1) is 17.5 Å². The summed E-state index contributed by atoms with van der Waals surface area (Å²) in [5, 5.41) is 3.37. The van der Waals surface area contributed by atoms with Gasteiger partial charge in [-0.05, 0) is 30.3 Å². The second-order valence-electron chi connectivity index (χ2n) is 8.75. The van der Waals surface area contributed by atoms with E-state index in [0.717, 1.165) is 49.3 Å². The van der Waals surface area contributed by atoms with Crippen LogP contribution >= 0.6 is 0 Å². The Balaban J connectivity index is 1.32. The molecule has 0 radical (unpaired) electrons. The molecule has 1 atom stereocenters. The van der Waals surface area contributed by atoms with Crippen LogP contribution < -0.4 is 15.1 Å². The van der Waals surface area contributed by atoms with Crippen molar-refractivity contribution >= 4 is 29.2 Å². The molecule has 1 aromatic carbocycles. The summed E-state index contributed by atoms with van der Waals surface area (Å²) in [5.74, 6) is 2.75. The maximum atomic E-state index is 13.3. The van der Waals surface area contributed by atoms with Crippen molar-refractivity contribution in [2.45, 2.75) is 18.8 Å². The number of aromatic nitrogens is 4. The Morgan fingerprint density at radius 2 is 1.57 bits per heavy atom. The number of para-hydroxylation sites is 1. The number of carbonyl (C=O) groups is 1. The van der Waals surface area contributed by atoms with Crippen LogP contribution in [0.3, 0.4) is 0 Å². The zero-order valence-electron chi connectivity index (χ0n) is 19.2. The van der Waals surface area contributed by atoms with E-state index < -0.39 is 0 Å². The fourth-order valence-electron chi connectivity index (χ4n) is 4.74. The van der Waals surface area contributed by atoms with Gasteiger partial charge < -0.3 is 19.5 Å². The number of hydrogen-bond donors (Lipinski definition) is 1. The Kier molecular flexibility index (Phi) is 5.57. The molecule has 0 saturated carbocycles. The second-order valence-corrected chi connectivity index (χ2v) is 8.75. The van der Waals surface area contributed by atoms with Gasteiger partial charge in [-0.3, -0.25) is 4.79 Å². The van der Waals surface area contributed by atoms with Gasteiger partial charge in [0, 0.05) is 63.0 Å². The number of anilines is 4. The number of furan rings is 1. The van der Waals surface area contributed by atoms with Crippen molar-refractivity contribution in [2.75, 3.05) is 41.3 Å². The molecular formula is C26H25N7O2. The van der Waals surface area contributed by atoms with Gasteiger partial charge in [0.25, 0.3) is 0 Å². The van der Waals surface area contributed by atoms with Crippen LogP contribution in [-0.4, -0.2) is 51.9 Å². The van der Waals surface area contributed by atoms with Crippen LogP contribution in [-0.2, 0) is 6.42 Å². The molecule has 176 valence electrons. The summed E-state index contributed by atoms with van der Waals surface area (Å²) in [6.07, 6.45) is 6.18. The third kappa shape index (κ3) is 4.32. The van der Waals surface area contributed by atoms with Crippen LogP contribution in [0.1, 0.15) is 34.2 Å². The lowest BCUT2D eigenvalue weighted by Crippen LogP contribution is -2.48. The van der Waals surface area contributed by atoms with Crippen molar-refractivity contribution in [1.82, 2.24) is 19.9 Å². The summed E-state index contributed by atoms with van der Waals surface area (Å²) < 4.78 is 5.62. The molecule has 4 heterocycles. The minimum atomic E-state index is -0.0237. The Hall–Kier alpha value is -4.27. The average molecular weight is 468 g/mol. The third-order valence-electron chi connectivity index (χ3n) is 6.50. The van der Waals surface area contributed by atoms with Crippen molar-refractivity contribution in [3.05, 3.63) is 84.2 Å². The standard InChI is InChI=1S/C26H25N7O2/c34-21-17-18(22-8-4-15-35-22)16-20-23(21)24(29-19-6-2-1-3-7-19)31-26(30-20)33-13-11-32(12-14-33)25-27-9-5-10-28-25/h1-10,15,18H,11-14,16-17H2,(H,29,30,31). The highest BCUT2D eigenvalue weighted by molar-refractivity contribution is 6.03. The van der Waals surface area contributed by atoms with Gasteiger partial charge in [-0.2, -0.15) is 4.98 Å². The molecule has 4 aromatic rings. The maximum Gasteiger partial charge on any atom is 0.227 e. The van der Waals surface area contributed by atoms with Gasteiger partial charge in [-0.1, -0.05) is 18.2 Å². The van der Waals surface area contributed by atoms with Gasteiger partial charge in [-0.25, -0.2) is 15.0 Å². The van der Waals surface area contributed by atoms with E-state index in [9.17, 15) is 4.79 Å². The van der Waals surface area contributed by atoms with E-state index in [4.69, 9.17) is 14.4 Å². The third-order valence-corrected chi connectivity index (χ3v) is 6.50. The van der Waals surface area contributed by atoms with Crippen LogP contribution in [0.25, 0.3) is 0 Å². The van der Waals surface area contributed by atoms with E-state index in [2.05, 4.69) is 25.1 Å². The molecule has 0 bridgehead atoms. The SMILES string of the molecule is O=C1CC(c2ccco2)Cc2nc(N3CCN(c4ncccn4)CC3)nc(Nc3ccccc3)c21. The highest BCUT2D eigenvalue weighted by Crippen LogP contribution is 2.36. The topological polar surface area (TPSA) is 100 Å². The van der Waals surface area contributed by atoms with Crippen molar-refractivity contribution in [2.24, 2.45) is 0 Å². The van der Waals surface area contributed by atoms with E-state index in [1.54, 1.807) is 18.7 Å².